The maximum absolute atomic E-state index is 12.9. The highest BCUT2D eigenvalue weighted by molar-refractivity contribution is 5.71. The van der Waals surface area contributed by atoms with E-state index in [9.17, 15) is 14.4 Å². The molecule has 0 N–H and O–H groups in total. The second kappa shape index (κ2) is 68.1. The van der Waals surface area contributed by atoms with Crippen molar-refractivity contribution in [2.75, 3.05) is 13.2 Å². The van der Waals surface area contributed by atoms with Gasteiger partial charge in [0.25, 0.3) is 0 Å². The molecular weight excluding hydrogens is 973 g/mol. The second-order valence-corrected chi connectivity index (χ2v) is 24.1. The summed E-state index contributed by atoms with van der Waals surface area (Å²) in [5.74, 6) is -0.860. The summed E-state index contributed by atoms with van der Waals surface area (Å²) in [5.41, 5.74) is 0. The quantitative estimate of drug-likeness (QED) is 0.0261. The molecule has 0 aliphatic heterocycles. The van der Waals surface area contributed by atoms with Crippen molar-refractivity contribution in [2.45, 2.75) is 399 Å². The fourth-order valence-electron chi connectivity index (χ4n) is 10.8. The molecule has 0 spiro atoms. The van der Waals surface area contributed by atoms with Crippen molar-refractivity contribution in [3.63, 3.8) is 0 Å². The number of hydrogen-bond acceptors (Lipinski definition) is 6. The molecule has 0 rings (SSSR count). The fraction of sp³-hybridized carbons (Fsp3) is 0.877. The van der Waals surface area contributed by atoms with Crippen molar-refractivity contribution in [2.24, 2.45) is 0 Å². The first-order valence-corrected chi connectivity index (χ1v) is 35.5. The Bertz CT molecular complexity index is 1320. The van der Waals surface area contributed by atoms with E-state index >= 15 is 0 Å². The zero-order chi connectivity index (χ0) is 57.1. The zero-order valence-electron chi connectivity index (χ0n) is 53.4. The number of ether oxygens (including phenoxy) is 3. The van der Waals surface area contributed by atoms with Crippen LogP contribution < -0.4 is 0 Å². The van der Waals surface area contributed by atoms with Crippen LogP contribution in [0.4, 0.5) is 0 Å². The summed E-state index contributed by atoms with van der Waals surface area (Å²) in [4.78, 5) is 38.3. The maximum Gasteiger partial charge on any atom is 0.306 e. The Labute approximate surface area is 493 Å². The molecule has 79 heavy (non-hydrogen) atoms. The van der Waals surface area contributed by atoms with Crippen LogP contribution in [0.5, 0.6) is 0 Å². The number of rotatable bonds is 66. The van der Waals surface area contributed by atoms with Gasteiger partial charge < -0.3 is 14.2 Å². The predicted molar refractivity (Wildman–Crippen MR) is 344 cm³/mol. The molecule has 0 bridgehead atoms. The topological polar surface area (TPSA) is 78.9 Å². The van der Waals surface area contributed by atoms with Gasteiger partial charge in [0.05, 0.1) is 0 Å². The average Bonchev–Trinajstić information content (AvgIpc) is 3.45. The van der Waals surface area contributed by atoms with Crippen LogP contribution in [0.15, 0.2) is 36.5 Å². The molecule has 0 saturated heterocycles. The highest BCUT2D eigenvalue weighted by Gasteiger charge is 2.19. The summed E-state index contributed by atoms with van der Waals surface area (Å²) in [6, 6.07) is 0. The van der Waals surface area contributed by atoms with Gasteiger partial charge in [-0.15, -0.1) is 0 Å². The molecule has 1 atom stereocenters. The second-order valence-electron chi connectivity index (χ2n) is 24.1. The van der Waals surface area contributed by atoms with Gasteiger partial charge in [-0.3, -0.25) is 14.4 Å². The van der Waals surface area contributed by atoms with Crippen LogP contribution >= 0.6 is 0 Å². The van der Waals surface area contributed by atoms with Crippen LogP contribution in [-0.2, 0) is 28.6 Å². The number of allylic oxidation sites excluding steroid dienone is 6. The SMILES string of the molecule is CCCCCC/C=C\C/C=C\CCCCCCCC(=O)OC(COC(=O)CCCCCCCCCCCCCC)COC(=O)CCCCCCCCCCCCCCCCCCCCCCC/C=C\CCCCCCCCCC. The van der Waals surface area contributed by atoms with E-state index in [1.54, 1.807) is 0 Å². The number of carbonyl (C=O) groups is 3. The Hall–Kier alpha value is -2.37. The van der Waals surface area contributed by atoms with Gasteiger partial charge in [-0.2, -0.15) is 0 Å². The van der Waals surface area contributed by atoms with Crippen molar-refractivity contribution >= 4 is 17.9 Å². The minimum absolute atomic E-state index is 0.0724. The lowest BCUT2D eigenvalue weighted by molar-refractivity contribution is -0.167. The van der Waals surface area contributed by atoms with E-state index in [0.29, 0.717) is 19.3 Å². The molecule has 0 heterocycles. The molecule has 0 aliphatic rings. The normalized spacial score (nSPS) is 12.2. The molecule has 0 aliphatic carbocycles. The third-order valence-corrected chi connectivity index (χ3v) is 16.1. The zero-order valence-corrected chi connectivity index (χ0v) is 53.4. The summed E-state index contributed by atoms with van der Waals surface area (Å²) in [6.07, 6.45) is 84.8. The molecule has 0 amide bonds. The first-order valence-electron chi connectivity index (χ1n) is 35.5. The van der Waals surface area contributed by atoms with Gasteiger partial charge >= 0.3 is 17.9 Å². The molecule has 0 radical (unpaired) electrons. The van der Waals surface area contributed by atoms with Gasteiger partial charge in [0.1, 0.15) is 13.2 Å². The van der Waals surface area contributed by atoms with Crippen LogP contribution in [0.1, 0.15) is 393 Å². The van der Waals surface area contributed by atoms with Gasteiger partial charge in [0, 0.05) is 19.3 Å². The number of unbranched alkanes of at least 4 members (excludes halogenated alkanes) is 49. The largest absolute Gasteiger partial charge is 0.462 e. The first kappa shape index (κ1) is 76.6. The van der Waals surface area contributed by atoms with E-state index in [2.05, 4.69) is 57.2 Å². The monoisotopic (exact) mass is 1110 g/mol. The molecule has 0 aromatic rings. The third-order valence-electron chi connectivity index (χ3n) is 16.1. The Kier molecular flexibility index (Phi) is 66.1. The smallest absolute Gasteiger partial charge is 0.306 e. The Morgan fingerprint density at radius 2 is 0.456 bits per heavy atom. The summed E-state index contributed by atoms with van der Waals surface area (Å²) < 4.78 is 16.9. The van der Waals surface area contributed by atoms with E-state index < -0.39 is 6.10 Å². The summed E-state index contributed by atoms with van der Waals surface area (Å²) >= 11 is 0. The van der Waals surface area contributed by atoms with Crippen molar-refractivity contribution in [3.05, 3.63) is 36.5 Å². The van der Waals surface area contributed by atoms with Crippen molar-refractivity contribution in [3.8, 4) is 0 Å². The summed E-state index contributed by atoms with van der Waals surface area (Å²) in [6.45, 7) is 6.67. The number of esters is 3. The van der Waals surface area contributed by atoms with Gasteiger partial charge in [-0.25, -0.2) is 0 Å². The Morgan fingerprint density at radius 3 is 0.722 bits per heavy atom. The lowest BCUT2D eigenvalue weighted by Gasteiger charge is -2.18. The van der Waals surface area contributed by atoms with Gasteiger partial charge in [0.2, 0.25) is 0 Å². The lowest BCUT2D eigenvalue weighted by atomic mass is 10.0. The lowest BCUT2D eigenvalue weighted by Crippen LogP contribution is -2.30. The maximum atomic E-state index is 12.9. The molecule has 1 unspecified atom stereocenters. The van der Waals surface area contributed by atoms with Crippen molar-refractivity contribution in [1.29, 1.82) is 0 Å². The molecular formula is C73H136O6. The fourth-order valence-corrected chi connectivity index (χ4v) is 10.8. The average molecular weight is 1110 g/mol. The van der Waals surface area contributed by atoms with Crippen molar-refractivity contribution in [1.82, 2.24) is 0 Å². The van der Waals surface area contributed by atoms with Gasteiger partial charge in [-0.05, 0) is 77.0 Å². The van der Waals surface area contributed by atoms with E-state index in [0.717, 1.165) is 77.0 Å². The van der Waals surface area contributed by atoms with E-state index in [1.807, 2.05) is 0 Å². The highest BCUT2D eigenvalue weighted by atomic mass is 16.6. The van der Waals surface area contributed by atoms with Crippen LogP contribution in [-0.4, -0.2) is 37.2 Å². The van der Waals surface area contributed by atoms with Crippen LogP contribution in [0.25, 0.3) is 0 Å². The molecule has 0 saturated carbocycles. The van der Waals surface area contributed by atoms with Gasteiger partial charge in [-0.1, -0.05) is 333 Å². The van der Waals surface area contributed by atoms with Crippen LogP contribution in [0, 0.1) is 0 Å². The molecule has 6 nitrogen and oxygen atoms in total. The Balaban J connectivity index is 4.08. The minimum Gasteiger partial charge on any atom is -0.462 e. The first-order chi connectivity index (χ1) is 39.0. The van der Waals surface area contributed by atoms with Gasteiger partial charge in [0.15, 0.2) is 6.10 Å². The van der Waals surface area contributed by atoms with Crippen LogP contribution in [0.2, 0.25) is 0 Å². The molecule has 464 valence electrons. The molecule has 0 aromatic heterocycles. The highest BCUT2D eigenvalue weighted by Crippen LogP contribution is 2.18. The van der Waals surface area contributed by atoms with Crippen molar-refractivity contribution < 1.29 is 28.6 Å². The number of carbonyl (C=O) groups excluding carboxylic acids is 3. The summed E-state index contributed by atoms with van der Waals surface area (Å²) in [5, 5.41) is 0. The van der Waals surface area contributed by atoms with E-state index in [4.69, 9.17) is 14.2 Å². The Morgan fingerprint density at radius 1 is 0.253 bits per heavy atom. The third kappa shape index (κ3) is 66.3. The molecule has 0 aromatic carbocycles. The summed E-state index contributed by atoms with van der Waals surface area (Å²) in [7, 11) is 0. The standard InChI is InChI=1S/C73H136O6/c1-4-7-10-13-16-19-22-25-27-29-30-31-32-33-34-35-36-37-38-39-40-41-42-43-44-45-47-48-51-54-57-60-63-66-72(75)78-69-70(68-77-71(74)65-62-59-56-53-50-24-21-18-15-12-9-6-3)79-73(76)67-64-61-58-55-52-49-46-28-26-23-20-17-14-11-8-5-2/h20,23,28-30,46,70H,4-19,21-22,24-27,31-45,47-69H2,1-3H3/b23-20-,30-29-,46-28-. The molecule has 0 fully saturated rings. The van der Waals surface area contributed by atoms with E-state index in [-0.39, 0.29) is 31.1 Å². The minimum atomic E-state index is -0.776. The molecule has 6 heteroatoms. The number of hydrogen-bond donors (Lipinski definition) is 0. The predicted octanol–water partition coefficient (Wildman–Crippen LogP) is 24.3. The van der Waals surface area contributed by atoms with Crippen LogP contribution in [0.3, 0.4) is 0 Å². The van der Waals surface area contributed by atoms with E-state index in [1.165, 1.54) is 276 Å².